The van der Waals surface area contributed by atoms with Gasteiger partial charge in [-0.15, -0.1) is 11.3 Å². The van der Waals surface area contributed by atoms with Gasteiger partial charge in [-0.2, -0.15) is 5.10 Å². The van der Waals surface area contributed by atoms with Gasteiger partial charge in [0, 0.05) is 19.0 Å². The Morgan fingerprint density at radius 3 is 2.57 bits per heavy atom. The minimum atomic E-state index is -0.213. The number of hydrogen-bond donors (Lipinski definition) is 0. The molecule has 154 valence electrons. The molecule has 0 atom stereocenters. The van der Waals surface area contributed by atoms with Gasteiger partial charge < -0.3 is 4.90 Å². The molecule has 0 aliphatic carbocycles. The second kappa shape index (κ2) is 8.75. The van der Waals surface area contributed by atoms with Gasteiger partial charge in [-0.3, -0.25) is 9.59 Å². The minimum Gasteiger partial charge on any atom is -0.334 e. The monoisotopic (exact) mass is 420 g/mol. The molecule has 0 bridgehead atoms. The number of hydrogen-bond acceptors (Lipinski definition) is 5. The maximum Gasteiger partial charge on any atom is 0.275 e. The number of carbonyl (C=O) groups excluding carboxylic acids is 1. The number of nitrogens with zero attached hydrogens (tertiary/aromatic N) is 4. The van der Waals surface area contributed by atoms with E-state index < -0.39 is 0 Å². The highest BCUT2D eigenvalue weighted by atomic mass is 32.1. The van der Waals surface area contributed by atoms with Crippen LogP contribution in [0.3, 0.4) is 0 Å². The van der Waals surface area contributed by atoms with Crippen LogP contribution in [0.4, 0.5) is 0 Å². The standard InChI is InChI=1S/C23H24N4O2S/c1-3-4-9-14-27-22(28)17-11-6-5-10-16(17)21(25-27)23(29)26(2)15-20-24-18-12-7-8-13-19(18)30-20/h5-8,10-13H,3-4,9,14-15H2,1-2H3. The highest BCUT2D eigenvalue weighted by molar-refractivity contribution is 7.18. The van der Waals surface area contributed by atoms with Crippen molar-refractivity contribution < 1.29 is 4.79 Å². The Labute approximate surface area is 178 Å². The molecule has 0 fully saturated rings. The van der Waals surface area contributed by atoms with Crippen LogP contribution in [0.1, 0.15) is 41.7 Å². The van der Waals surface area contributed by atoms with Crippen molar-refractivity contribution in [3.05, 3.63) is 69.6 Å². The molecule has 0 spiro atoms. The first kappa shape index (κ1) is 20.2. The van der Waals surface area contributed by atoms with Gasteiger partial charge in [0.15, 0.2) is 5.69 Å². The fourth-order valence-corrected chi connectivity index (χ4v) is 4.52. The van der Waals surface area contributed by atoms with Crippen LogP contribution in [0, 0.1) is 0 Å². The zero-order chi connectivity index (χ0) is 21.1. The highest BCUT2D eigenvalue weighted by Crippen LogP contribution is 2.23. The number of rotatable bonds is 7. The van der Waals surface area contributed by atoms with Crippen LogP contribution in [-0.4, -0.2) is 32.6 Å². The number of aromatic nitrogens is 3. The molecule has 0 aliphatic heterocycles. The molecule has 30 heavy (non-hydrogen) atoms. The fourth-order valence-electron chi connectivity index (χ4n) is 3.50. The SMILES string of the molecule is CCCCCn1nc(C(=O)N(C)Cc2nc3ccccc3s2)c2ccccc2c1=O. The molecule has 2 heterocycles. The van der Waals surface area contributed by atoms with Crippen LogP contribution in [-0.2, 0) is 13.1 Å². The summed E-state index contributed by atoms with van der Waals surface area (Å²) in [6.07, 6.45) is 2.93. The number of carbonyl (C=O) groups is 1. The predicted octanol–water partition coefficient (Wildman–Crippen LogP) is 4.47. The van der Waals surface area contributed by atoms with Gasteiger partial charge in [-0.25, -0.2) is 9.67 Å². The van der Waals surface area contributed by atoms with Gasteiger partial charge in [-0.05, 0) is 24.6 Å². The molecule has 4 rings (SSSR count). The Hall–Kier alpha value is -3.06. The number of amides is 1. The van der Waals surface area contributed by atoms with E-state index in [-0.39, 0.29) is 11.5 Å². The van der Waals surface area contributed by atoms with Crippen molar-refractivity contribution in [2.45, 2.75) is 39.3 Å². The first-order valence-electron chi connectivity index (χ1n) is 10.2. The number of unbranched alkanes of at least 4 members (excludes halogenated alkanes) is 2. The van der Waals surface area contributed by atoms with Crippen LogP contribution < -0.4 is 5.56 Å². The van der Waals surface area contributed by atoms with E-state index in [1.807, 2.05) is 36.4 Å². The summed E-state index contributed by atoms with van der Waals surface area (Å²) in [6, 6.07) is 15.1. The first-order valence-corrected chi connectivity index (χ1v) is 11.0. The molecular weight excluding hydrogens is 396 g/mol. The smallest absolute Gasteiger partial charge is 0.275 e. The van der Waals surface area contributed by atoms with Gasteiger partial charge in [0.25, 0.3) is 11.5 Å². The number of thiazole rings is 1. The minimum absolute atomic E-state index is 0.146. The number of benzene rings is 2. The van der Waals surface area contributed by atoms with E-state index in [1.54, 1.807) is 35.4 Å². The number of para-hydroxylation sites is 1. The molecule has 6 nitrogen and oxygen atoms in total. The molecule has 0 radical (unpaired) electrons. The lowest BCUT2D eigenvalue weighted by atomic mass is 10.1. The van der Waals surface area contributed by atoms with Crippen molar-refractivity contribution >= 4 is 38.2 Å². The quantitative estimate of drug-likeness (QED) is 0.414. The van der Waals surface area contributed by atoms with E-state index in [0.29, 0.717) is 29.6 Å². The van der Waals surface area contributed by atoms with E-state index in [9.17, 15) is 9.59 Å². The zero-order valence-electron chi connectivity index (χ0n) is 17.2. The lowest BCUT2D eigenvalue weighted by Crippen LogP contribution is -2.32. The lowest BCUT2D eigenvalue weighted by molar-refractivity contribution is 0.0778. The average Bonchev–Trinajstić information content (AvgIpc) is 3.17. The summed E-state index contributed by atoms with van der Waals surface area (Å²) in [5.74, 6) is -0.213. The lowest BCUT2D eigenvalue weighted by Gasteiger charge is -2.17. The van der Waals surface area contributed by atoms with Crippen LogP contribution in [0.25, 0.3) is 21.0 Å². The summed E-state index contributed by atoms with van der Waals surface area (Å²) in [4.78, 5) is 32.4. The van der Waals surface area contributed by atoms with Crippen LogP contribution in [0.15, 0.2) is 53.3 Å². The van der Waals surface area contributed by atoms with E-state index >= 15 is 0 Å². The van der Waals surface area contributed by atoms with Gasteiger partial charge in [-0.1, -0.05) is 50.1 Å². The molecule has 2 aromatic carbocycles. The summed E-state index contributed by atoms with van der Waals surface area (Å²) in [5, 5.41) is 6.46. The molecule has 1 amide bonds. The molecule has 0 aliphatic rings. The van der Waals surface area contributed by atoms with Gasteiger partial charge in [0.1, 0.15) is 5.01 Å². The molecule has 4 aromatic rings. The first-order chi connectivity index (χ1) is 14.6. The second-order valence-corrected chi connectivity index (χ2v) is 8.48. The van der Waals surface area contributed by atoms with Crippen LogP contribution >= 0.6 is 11.3 Å². The predicted molar refractivity (Wildman–Crippen MR) is 121 cm³/mol. The van der Waals surface area contributed by atoms with Crippen molar-refractivity contribution in [2.24, 2.45) is 0 Å². The van der Waals surface area contributed by atoms with Gasteiger partial charge in [0.2, 0.25) is 0 Å². The molecule has 7 heteroatoms. The number of fused-ring (bicyclic) bond motifs is 2. The Balaban J connectivity index is 1.67. The second-order valence-electron chi connectivity index (χ2n) is 7.37. The largest absolute Gasteiger partial charge is 0.334 e. The molecule has 0 N–H and O–H groups in total. The van der Waals surface area contributed by atoms with Gasteiger partial charge >= 0.3 is 0 Å². The Morgan fingerprint density at radius 2 is 1.80 bits per heavy atom. The Kier molecular flexibility index (Phi) is 5.90. The highest BCUT2D eigenvalue weighted by Gasteiger charge is 2.21. The third kappa shape index (κ3) is 3.98. The topological polar surface area (TPSA) is 68.1 Å². The summed E-state index contributed by atoms with van der Waals surface area (Å²) in [5.41, 5.74) is 1.10. The maximum atomic E-state index is 13.3. The Morgan fingerprint density at radius 1 is 1.07 bits per heavy atom. The third-order valence-electron chi connectivity index (χ3n) is 5.10. The summed E-state index contributed by atoms with van der Waals surface area (Å²) < 4.78 is 2.54. The molecular formula is C23H24N4O2S. The van der Waals surface area contributed by atoms with E-state index in [0.717, 1.165) is 34.5 Å². The zero-order valence-corrected chi connectivity index (χ0v) is 18.0. The summed E-state index contributed by atoms with van der Waals surface area (Å²) in [7, 11) is 1.75. The summed E-state index contributed by atoms with van der Waals surface area (Å²) in [6.45, 7) is 3.02. The van der Waals surface area contributed by atoms with Crippen molar-refractivity contribution in [1.82, 2.24) is 19.7 Å². The van der Waals surface area contributed by atoms with Gasteiger partial charge in [0.05, 0.1) is 22.1 Å². The van der Waals surface area contributed by atoms with Crippen molar-refractivity contribution in [3.63, 3.8) is 0 Å². The molecule has 0 saturated carbocycles. The normalized spacial score (nSPS) is 11.3. The fraction of sp³-hybridized carbons (Fsp3) is 0.304. The molecule has 0 saturated heterocycles. The van der Waals surface area contributed by atoms with Crippen molar-refractivity contribution in [2.75, 3.05) is 7.05 Å². The number of aryl methyl sites for hydroxylation is 1. The summed E-state index contributed by atoms with van der Waals surface area (Å²) >= 11 is 1.58. The van der Waals surface area contributed by atoms with Crippen LogP contribution in [0.5, 0.6) is 0 Å². The van der Waals surface area contributed by atoms with Crippen molar-refractivity contribution in [1.29, 1.82) is 0 Å². The average molecular weight is 421 g/mol. The third-order valence-corrected chi connectivity index (χ3v) is 6.12. The molecule has 0 unspecified atom stereocenters. The maximum absolute atomic E-state index is 13.3. The van der Waals surface area contributed by atoms with E-state index in [1.165, 1.54) is 4.68 Å². The van der Waals surface area contributed by atoms with Crippen LogP contribution in [0.2, 0.25) is 0 Å². The van der Waals surface area contributed by atoms with E-state index in [4.69, 9.17) is 0 Å². The van der Waals surface area contributed by atoms with E-state index in [2.05, 4.69) is 17.0 Å². The molecule has 2 aromatic heterocycles. The van der Waals surface area contributed by atoms with Crippen molar-refractivity contribution in [3.8, 4) is 0 Å². The Bertz CT molecular complexity index is 1230.